The molecule has 0 atom stereocenters. The minimum Gasteiger partial charge on any atom is -0.481 e. The summed E-state index contributed by atoms with van der Waals surface area (Å²) in [6.45, 7) is 0. The summed E-state index contributed by atoms with van der Waals surface area (Å²) in [5.41, 5.74) is 0.731. The van der Waals surface area contributed by atoms with Crippen LogP contribution in [0.15, 0.2) is 24.5 Å². The number of halogens is 1. The van der Waals surface area contributed by atoms with E-state index in [4.69, 9.17) is 5.11 Å². The fraction of sp³-hybridized carbons (Fsp3) is 0.143. The predicted octanol–water partition coefficient (Wildman–Crippen LogP) is 1.13. The Labute approximate surface area is 70.5 Å². The van der Waals surface area contributed by atoms with Gasteiger partial charge in [0, 0.05) is 12.4 Å². The number of carboxylic acid groups (broad SMARTS) is 1. The molecule has 0 radical (unpaired) electrons. The van der Waals surface area contributed by atoms with Gasteiger partial charge in [-0.05, 0) is 11.6 Å². The van der Waals surface area contributed by atoms with Gasteiger partial charge in [-0.2, -0.15) is 0 Å². The first-order valence-electron chi connectivity index (χ1n) is 2.90. The Kier molecular flexibility index (Phi) is 4.22. The molecule has 0 aliphatic heterocycles. The van der Waals surface area contributed by atoms with Crippen LogP contribution in [0.4, 0.5) is 0 Å². The quantitative estimate of drug-likeness (QED) is 0.730. The normalized spacial score (nSPS) is 8.36. The third-order valence-corrected chi connectivity index (χ3v) is 1.08. The Bertz CT molecular complexity index is 225. The molecule has 0 spiro atoms. The second-order valence-electron chi connectivity index (χ2n) is 1.93. The Balaban J connectivity index is 0.000001000. The summed E-state index contributed by atoms with van der Waals surface area (Å²) in [6.07, 6.45) is 3.22. The molecule has 11 heavy (non-hydrogen) atoms. The van der Waals surface area contributed by atoms with Crippen LogP contribution in [0.1, 0.15) is 5.56 Å². The number of carbonyl (C=O) groups is 1. The van der Waals surface area contributed by atoms with Crippen LogP contribution >= 0.6 is 12.4 Å². The van der Waals surface area contributed by atoms with Crippen molar-refractivity contribution >= 4 is 18.4 Å². The van der Waals surface area contributed by atoms with Crippen LogP contribution in [-0.4, -0.2) is 16.1 Å². The molecule has 0 amide bonds. The first-order chi connectivity index (χ1) is 4.79. The van der Waals surface area contributed by atoms with Gasteiger partial charge in [-0.1, -0.05) is 6.07 Å². The Morgan fingerprint density at radius 1 is 1.64 bits per heavy atom. The molecule has 0 aromatic carbocycles. The summed E-state index contributed by atoms with van der Waals surface area (Å²) in [4.78, 5) is 13.9. The maximum atomic E-state index is 10.1. The molecule has 0 aliphatic carbocycles. The van der Waals surface area contributed by atoms with Crippen molar-refractivity contribution in [1.29, 1.82) is 0 Å². The molecule has 0 unspecified atom stereocenters. The summed E-state index contributed by atoms with van der Waals surface area (Å²) in [7, 11) is 0. The average Bonchev–Trinajstić information content (AvgIpc) is 1.88. The molecule has 1 aromatic rings. The van der Waals surface area contributed by atoms with Crippen molar-refractivity contribution in [3.8, 4) is 0 Å². The van der Waals surface area contributed by atoms with Gasteiger partial charge in [0.1, 0.15) is 0 Å². The van der Waals surface area contributed by atoms with E-state index in [0.717, 1.165) is 5.56 Å². The third-order valence-electron chi connectivity index (χ3n) is 1.08. The van der Waals surface area contributed by atoms with Crippen LogP contribution in [0.5, 0.6) is 0 Å². The summed E-state index contributed by atoms with van der Waals surface area (Å²) >= 11 is 0. The number of pyridine rings is 1. The molecule has 0 fully saturated rings. The van der Waals surface area contributed by atoms with E-state index in [9.17, 15) is 4.79 Å². The van der Waals surface area contributed by atoms with E-state index in [2.05, 4.69) is 4.98 Å². The summed E-state index contributed by atoms with van der Waals surface area (Å²) < 4.78 is 0. The zero-order valence-electron chi connectivity index (χ0n) is 5.73. The van der Waals surface area contributed by atoms with Crippen LogP contribution in [0, 0.1) is 0 Å². The van der Waals surface area contributed by atoms with Crippen molar-refractivity contribution in [2.45, 2.75) is 6.42 Å². The van der Waals surface area contributed by atoms with E-state index >= 15 is 0 Å². The summed E-state index contributed by atoms with van der Waals surface area (Å²) in [6, 6.07) is 3.46. The topological polar surface area (TPSA) is 50.2 Å². The number of hydrogen-bond donors (Lipinski definition) is 1. The van der Waals surface area contributed by atoms with E-state index in [0.29, 0.717) is 0 Å². The van der Waals surface area contributed by atoms with Crippen LogP contribution in [-0.2, 0) is 11.2 Å². The van der Waals surface area contributed by atoms with Crippen LogP contribution in [0.3, 0.4) is 0 Å². The zero-order chi connectivity index (χ0) is 7.40. The van der Waals surface area contributed by atoms with Gasteiger partial charge >= 0.3 is 5.97 Å². The number of carboxylic acids is 1. The van der Waals surface area contributed by atoms with Gasteiger partial charge in [-0.25, -0.2) is 0 Å². The molecular weight excluding hydrogens is 166 g/mol. The molecular formula is C7H8ClNO2. The SMILES string of the molecule is Cl.O=C(O)Cc1cccnc1. The molecule has 1 N–H and O–H groups in total. The minimum atomic E-state index is -0.826. The largest absolute Gasteiger partial charge is 0.481 e. The molecule has 1 aromatic heterocycles. The van der Waals surface area contributed by atoms with Crippen molar-refractivity contribution in [2.24, 2.45) is 0 Å². The molecule has 0 aliphatic rings. The molecule has 0 bridgehead atoms. The lowest BCUT2D eigenvalue weighted by Gasteiger charge is -1.91. The molecule has 4 heteroatoms. The lowest BCUT2D eigenvalue weighted by atomic mass is 10.2. The lowest BCUT2D eigenvalue weighted by molar-refractivity contribution is -0.136. The first kappa shape index (κ1) is 9.91. The van der Waals surface area contributed by atoms with E-state index in [1.165, 1.54) is 0 Å². The molecule has 60 valence electrons. The number of hydrogen-bond acceptors (Lipinski definition) is 2. The van der Waals surface area contributed by atoms with Gasteiger partial charge in [0.15, 0.2) is 0 Å². The van der Waals surface area contributed by atoms with Crippen LogP contribution in [0.25, 0.3) is 0 Å². The maximum Gasteiger partial charge on any atom is 0.307 e. The zero-order valence-corrected chi connectivity index (χ0v) is 6.54. The molecule has 0 saturated heterocycles. The smallest absolute Gasteiger partial charge is 0.307 e. The fourth-order valence-corrected chi connectivity index (χ4v) is 0.677. The van der Waals surface area contributed by atoms with Crippen molar-refractivity contribution in [3.63, 3.8) is 0 Å². The maximum absolute atomic E-state index is 10.1. The van der Waals surface area contributed by atoms with Gasteiger partial charge < -0.3 is 5.11 Å². The highest BCUT2D eigenvalue weighted by Gasteiger charge is 1.97. The van der Waals surface area contributed by atoms with Gasteiger partial charge in [-0.3, -0.25) is 9.78 Å². The van der Waals surface area contributed by atoms with Crippen molar-refractivity contribution < 1.29 is 9.90 Å². The Hall–Kier alpha value is -1.09. The highest BCUT2D eigenvalue weighted by atomic mass is 35.5. The van der Waals surface area contributed by atoms with E-state index in [1.54, 1.807) is 24.5 Å². The molecule has 3 nitrogen and oxygen atoms in total. The highest BCUT2D eigenvalue weighted by molar-refractivity contribution is 5.85. The van der Waals surface area contributed by atoms with Gasteiger partial charge in [0.2, 0.25) is 0 Å². The van der Waals surface area contributed by atoms with Gasteiger partial charge in [-0.15, -0.1) is 12.4 Å². The molecule has 1 heterocycles. The summed E-state index contributed by atoms with van der Waals surface area (Å²) in [5.74, 6) is -0.826. The van der Waals surface area contributed by atoms with Crippen molar-refractivity contribution in [2.75, 3.05) is 0 Å². The highest BCUT2D eigenvalue weighted by Crippen LogP contribution is 1.95. The fourth-order valence-electron chi connectivity index (χ4n) is 0.677. The molecule has 1 rings (SSSR count). The number of nitrogens with zero attached hydrogens (tertiary/aromatic N) is 1. The van der Waals surface area contributed by atoms with E-state index in [-0.39, 0.29) is 18.8 Å². The van der Waals surface area contributed by atoms with Crippen LogP contribution < -0.4 is 0 Å². The lowest BCUT2D eigenvalue weighted by Crippen LogP contribution is -1.99. The standard InChI is InChI=1S/C7H7NO2.ClH/c9-7(10)4-6-2-1-3-8-5-6;/h1-3,5H,4H2,(H,9,10);1H. The third kappa shape index (κ3) is 3.57. The second kappa shape index (κ2) is 4.68. The first-order valence-corrected chi connectivity index (χ1v) is 2.90. The van der Waals surface area contributed by atoms with E-state index < -0.39 is 5.97 Å². The van der Waals surface area contributed by atoms with E-state index in [1.807, 2.05) is 0 Å². The Morgan fingerprint density at radius 2 is 2.36 bits per heavy atom. The van der Waals surface area contributed by atoms with Crippen molar-refractivity contribution in [3.05, 3.63) is 30.1 Å². The molecule has 0 saturated carbocycles. The van der Waals surface area contributed by atoms with Crippen LogP contribution in [0.2, 0.25) is 0 Å². The summed E-state index contributed by atoms with van der Waals surface area (Å²) in [5, 5.41) is 8.34. The number of rotatable bonds is 2. The monoisotopic (exact) mass is 173 g/mol. The average molecular weight is 174 g/mol. The number of aliphatic carboxylic acids is 1. The number of aromatic nitrogens is 1. The minimum absolute atomic E-state index is 0. The van der Waals surface area contributed by atoms with Gasteiger partial charge in [0.25, 0.3) is 0 Å². The van der Waals surface area contributed by atoms with Crippen molar-refractivity contribution in [1.82, 2.24) is 4.98 Å². The predicted molar refractivity (Wildman–Crippen MR) is 42.8 cm³/mol. The van der Waals surface area contributed by atoms with Gasteiger partial charge in [0.05, 0.1) is 6.42 Å². The second-order valence-corrected chi connectivity index (χ2v) is 1.93. The Morgan fingerprint density at radius 3 is 2.82 bits per heavy atom.